The normalized spacial score (nSPS) is 24.2. The molecule has 2 fully saturated rings. The van der Waals surface area contributed by atoms with Gasteiger partial charge < -0.3 is 14.5 Å². The first-order valence-electron chi connectivity index (χ1n) is 14.4. The first kappa shape index (κ1) is 25.8. The fourth-order valence-electron chi connectivity index (χ4n) is 6.91. The zero-order chi connectivity index (χ0) is 26.8. The van der Waals surface area contributed by atoms with Crippen molar-refractivity contribution in [2.75, 3.05) is 26.8 Å². The number of aromatic amines is 1. The molecule has 204 valence electrons. The Kier molecular flexibility index (Phi) is 7.51. The molecule has 4 unspecified atom stereocenters. The molecule has 0 amide bonds. The minimum atomic E-state index is 0.106. The molecule has 1 aliphatic heterocycles. The highest BCUT2D eigenvalue weighted by molar-refractivity contribution is 6.05. The van der Waals surface area contributed by atoms with Crippen LogP contribution in [0.4, 0.5) is 0 Å². The zero-order valence-electron chi connectivity index (χ0n) is 22.9. The fourth-order valence-corrected chi connectivity index (χ4v) is 6.91. The van der Waals surface area contributed by atoms with Gasteiger partial charge in [-0.25, -0.2) is 4.98 Å². The smallest absolute Gasteiger partial charge is 0.137 e. The average molecular weight is 527 g/mol. The van der Waals surface area contributed by atoms with Gasteiger partial charge in [0.25, 0.3) is 0 Å². The number of hydrogen-bond acceptors (Lipinski definition) is 6. The van der Waals surface area contributed by atoms with Crippen molar-refractivity contribution < 1.29 is 14.3 Å². The van der Waals surface area contributed by atoms with Crippen molar-refractivity contribution in [3.8, 4) is 11.5 Å². The van der Waals surface area contributed by atoms with Crippen LogP contribution in [-0.4, -0.2) is 58.5 Å². The number of rotatable bonds is 8. The van der Waals surface area contributed by atoms with Gasteiger partial charge in [0.05, 0.1) is 25.4 Å². The van der Waals surface area contributed by atoms with Crippen molar-refractivity contribution in [1.82, 2.24) is 19.9 Å². The molecule has 0 spiro atoms. The van der Waals surface area contributed by atoms with Crippen LogP contribution in [-0.2, 0) is 4.79 Å². The Hall–Kier alpha value is -3.45. The third-order valence-electron chi connectivity index (χ3n) is 8.91. The van der Waals surface area contributed by atoms with Gasteiger partial charge >= 0.3 is 0 Å². The number of hydrogen-bond donors (Lipinski definition) is 1. The van der Waals surface area contributed by atoms with E-state index >= 15 is 0 Å². The molecule has 6 rings (SSSR count). The minimum absolute atomic E-state index is 0.106. The van der Waals surface area contributed by atoms with Gasteiger partial charge in [-0.05, 0) is 86.5 Å². The summed E-state index contributed by atoms with van der Waals surface area (Å²) >= 11 is 0. The lowest BCUT2D eigenvalue weighted by Gasteiger charge is -2.45. The summed E-state index contributed by atoms with van der Waals surface area (Å²) in [4.78, 5) is 28.2. The molecule has 1 saturated carbocycles. The van der Waals surface area contributed by atoms with Gasteiger partial charge in [-0.1, -0.05) is 6.92 Å². The van der Waals surface area contributed by atoms with Crippen LogP contribution >= 0.6 is 0 Å². The lowest BCUT2D eigenvalue weighted by molar-refractivity contribution is -0.126. The number of nitrogens with zero attached hydrogens (tertiary/aromatic N) is 3. The van der Waals surface area contributed by atoms with Crippen LogP contribution in [0, 0.1) is 11.8 Å². The summed E-state index contributed by atoms with van der Waals surface area (Å²) in [5.74, 6) is 3.06. The van der Waals surface area contributed by atoms with Gasteiger partial charge in [-0.2, -0.15) is 0 Å². The summed E-state index contributed by atoms with van der Waals surface area (Å²) in [5, 5.41) is 2.34. The zero-order valence-corrected chi connectivity index (χ0v) is 22.9. The number of pyridine rings is 2. The Morgan fingerprint density at radius 3 is 2.74 bits per heavy atom. The van der Waals surface area contributed by atoms with E-state index in [4.69, 9.17) is 9.47 Å². The quantitative estimate of drug-likeness (QED) is 0.297. The highest BCUT2D eigenvalue weighted by Gasteiger charge is 2.40. The summed E-state index contributed by atoms with van der Waals surface area (Å²) < 4.78 is 11.4. The topological polar surface area (TPSA) is 80.3 Å². The molecule has 4 aromatic rings. The van der Waals surface area contributed by atoms with Crippen LogP contribution in [0.15, 0.2) is 55.0 Å². The number of carbonyl (C=O) groups is 1. The van der Waals surface area contributed by atoms with Gasteiger partial charge in [0.2, 0.25) is 0 Å². The second kappa shape index (κ2) is 11.3. The second-order valence-corrected chi connectivity index (χ2v) is 11.2. The van der Waals surface area contributed by atoms with Gasteiger partial charge in [0.15, 0.2) is 0 Å². The average Bonchev–Trinajstić information content (AvgIpc) is 3.49. The molecule has 7 heteroatoms. The monoisotopic (exact) mass is 526 g/mol. The van der Waals surface area contributed by atoms with E-state index < -0.39 is 0 Å². The first-order valence-corrected chi connectivity index (χ1v) is 14.4. The van der Waals surface area contributed by atoms with Crippen LogP contribution in [0.25, 0.3) is 21.9 Å². The molecule has 0 bridgehead atoms. The predicted molar refractivity (Wildman–Crippen MR) is 153 cm³/mol. The van der Waals surface area contributed by atoms with E-state index in [0.717, 1.165) is 73.2 Å². The number of methoxy groups -OCH3 is 1. The maximum absolute atomic E-state index is 13.2. The number of nitrogens with one attached hydrogen (secondary N) is 1. The number of aromatic nitrogens is 3. The van der Waals surface area contributed by atoms with Crippen LogP contribution in [0.3, 0.4) is 0 Å². The van der Waals surface area contributed by atoms with E-state index in [2.05, 4.69) is 32.0 Å². The molecular formula is C32H38N4O3. The standard InChI is InChI=1S/C32H38N4O3/c1-3-30(37)26-11-6-22(25-12-14-33-28-18-35-32-27(31(25)28)13-15-34-32)17-29(26)36-16-4-5-21(19-36)20-39-24-9-7-23(38-2)8-10-24/h7-10,12-15,18,21-22,26,29H,3-6,11,16-17,19-20H2,1-2H3,(H,34,35). The molecule has 7 nitrogen and oxygen atoms in total. The number of carbonyl (C=O) groups excluding carboxylic acids is 1. The highest BCUT2D eigenvalue weighted by Crippen LogP contribution is 2.43. The SMILES string of the molecule is CCC(=O)C1CCC(c2ccnc3cnc4[nH]ccc4c23)CC1N1CCCC(COc2ccc(OC)cc2)C1. The minimum Gasteiger partial charge on any atom is -0.497 e. The van der Waals surface area contributed by atoms with E-state index in [1.807, 2.05) is 49.8 Å². The molecule has 0 radical (unpaired) electrons. The number of Topliss-reactive ketones (excluding diaryl/α,β-unsaturated/α-hetero) is 1. The first-order chi connectivity index (χ1) is 19.1. The molecular weight excluding hydrogens is 488 g/mol. The summed E-state index contributed by atoms with van der Waals surface area (Å²) in [5.41, 5.74) is 3.19. The van der Waals surface area contributed by atoms with Crippen molar-refractivity contribution in [1.29, 1.82) is 0 Å². The predicted octanol–water partition coefficient (Wildman–Crippen LogP) is 6.14. The van der Waals surface area contributed by atoms with Crippen LogP contribution < -0.4 is 9.47 Å². The molecule has 1 saturated heterocycles. The maximum Gasteiger partial charge on any atom is 0.137 e. The number of piperidine rings is 1. The fraction of sp³-hybridized carbons (Fsp3) is 0.469. The molecule has 1 aromatic carbocycles. The van der Waals surface area contributed by atoms with Gasteiger partial charge in [0.1, 0.15) is 22.9 Å². The van der Waals surface area contributed by atoms with Gasteiger partial charge in [-0.15, -0.1) is 0 Å². The third-order valence-corrected chi connectivity index (χ3v) is 8.91. The van der Waals surface area contributed by atoms with Crippen LogP contribution in [0.2, 0.25) is 0 Å². The highest BCUT2D eigenvalue weighted by atomic mass is 16.5. The molecule has 1 aliphatic carbocycles. The van der Waals surface area contributed by atoms with E-state index in [1.54, 1.807) is 7.11 Å². The van der Waals surface area contributed by atoms with Crippen molar-refractivity contribution in [2.45, 2.75) is 57.4 Å². The number of H-pyrrole nitrogens is 1. The van der Waals surface area contributed by atoms with Gasteiger partial charge in [-0.3, -0.25) is 14.7 Å². The largest absolute Gasteiger partial charge is 0.497 e. The lowest BCUT2D eigenvalue weighted by atomic mass is 9.72. The van der Waals surface area contributed by atoms with Crippen molar-refractivity contribution >= 4 is 27.7 Å². The van der Waals surface area contributed by atoms with E-state index in [-0.39, 0.29) is 12.0 Å². The molecule has 1 N–H and O–H groups in total. The number of likely N-dealkylation sites (tertiary alicyclic amines) is 1. The molecule has 4 heterocycles. The summed E-state index contributed by atoms with van der Waals surface area (Å²) in [6.45, 7) is 4.73. The van der Waals surface area contributed by atoms with Crippen molar-refractivity contribution in [3.63, 3.8) is 0 Å². The van der Waals surface area contributed by atoms with E-state index in [9.17, 15) is 4.79 Å². The lowest BCUT2D eigenvalue weighted by Crippen LogP contribution is -2.51. The van der Waals surface area contributed by atoms with E-state index in [0.29, 0.717) is 30.6 Å². The Morgan fingerprint density at radius 1 is 1.08 bits per heavy atom. The number of ether oxygens (including phenoxy) is 2. The molecule has 4 atom stereocenters. The summed E-state index contributed by atoms with van der Waals surface area (Å²) in [6.07, 6.45) is 11.6. The van der Waals surface area contributed by atoms with Crippen molar-refractivity contribution in [2.24, 2.45) is 11.8 Å². The molecule has 2 aliphatic rings. The molecule has 39 heavy (non-hydrogen) atoms. The van der Waals surface area contributed by atoms with Crippen LogP contribution in [0.1, 0.15) is 56.9 Å². The number of benzene rings is 1. The van der Waals surface area contributed by atoms with Crippen LogP contribution in [0.5, 0.6) is 11.5 Å². The number of fused-ring (bicyclic) bond motifs is 3. The van der Waals surface area contributed by atoms with E-state index in [1.165, 1.54) is 10.9 Å². The Balaban J connectivity index is 1.22. The van der Waals surface area contributed by atoms with Gasteiger partial charge in [0, 0.05) is 54.0 Å². The Bertz CT molecular complexity index is 1430. The Labute approximate surface area is 229 Å². The third kappa shape index (κ3) is 5.24. The maximum atomic E-state index is 13.2. The summed E-state index contributed by atoms with van der Waals surface area (Å²) in [7, 11) is 1.67. The second-order valence-electron chi connectivity index (χ2n) is 11.2. The Morgan fingerprint density at radius 2 is 1.92 bits per heavy atom. The molecule has 3 aromatic heterocycles. The summed E-state index contributed by atoms with van der Waals surface area (Å²) in [6, 6.07) is 12.4. The van der Waals surface area contributed by atoms with Crippen molar-refractivity contribution in [3.05, 3.63) is 60.6 Å². The number of ketones is 1.